The van der Waals surface area contributed by atoms with Gasteiger partial charge in [-0.2, -0.15) is 0 Å². The van der Waals surface area contributed by atoms with Crippen LogP contribution in [0.4, 0.5) is 5.69 Å². The number of methoxy groups -OCH3 is 1. The number of thiophene rings is 1. The first-order valence-electron chi connectivity index (χ1n) is 9.93. The van der Waals surface area contributed by atoms with E-state index in [1.807, 2.05) is 61.5 Å². The van der Waals surface area contributed by atoms with E-state index in [1.54, 1.807) is 25.5 Å². The van der Waals surface area contributed by atoms with Gasteiger partial charge in [-0.25, -0.2) is 4.79 Å². The van der Waals surface area contributed by atoms with E-state index in [4.69, 9.17) is 25.8 Å². The molecule has 0 aliphatic carbocycles. The van der Waals surface area contributed by atoms with Crippen molar-refractivity contribution in [2.45, 2.75) is 6.92 Å². The molecule has 0 aliphatic rings. The lowest BCUT2D eigenvalue weighted by molar-refractivity contribution is 0.0733. The molecule has 0 fully saturated rings. The lowest BCUT2D eigenvalue weighted by atomic mass is 10.2. The Morgan fingerprint density at radius 3 is 2.56 bits per heavy atom. The van der Waals surface area contributed by atoms with Crippen molar-refractivity contribution in [3.8, 4) is 17.2 Å². The molecule has 4 aromatic rings. The maximum Gasteiger partial charge on any atom is 0.355 e. The van der Waals surface area contributed by atoms with Crippen LogP contribution in [0.25, 0.3) is 10.1 Å². The topological polar surface area (TPSA) is 57.1 Å². The molecule has 0 N–H and O–H groups in total. The van der Waals surface area contributed by atoms with Gasteiger partial charge in [-0.3, -0.25) is 4.99 Å². The van der Waals surface area contributed by atoms with Crippen LogP contribution in [-0.4, -0.2) is 25.9 Å². The summed E-state index contributed by atoms with van der Waals surface area (Å²) in [7, 11) is 1.62. The molecule has 162 valence electrons. The third-order valence-corrected chi connectivity index (χ3v) is 6.28. The van der Waals surface area contributed by atoms with Crippen molar-refractivity contribution in [1.29, 1.82) is 0 Å². The number of halogens is 1. The van der Waals surface area contributed by atoms with Gasteiger partial charge >= 0.3 is 5.97 Å². The summed E-state index contributed by atoms with van der Waals surface area (Å²) < 4.78 is 17.4. The van der Waals surface area contributed by atoms with Gasteiger partial charge in [0.2, 0.25) is 0 Å². The minimum Gasteiger partial charge on any atom is -0.497 e. The first-order valence-corrected chi connectivity index (χ1v) is 11.1. The number of hydrogen-bond acceptors (Lipinski definition) is 6. The Bertz CT molecular complexity index is 1280. The van der Waals surface area contributed by atoms with E-state index in [1.165, 1.54) is 11.3 Å². The van der Waals surface area contributed by atoms with E-state index in [0.717, 1.165) is 27.1 Å². The van der Waals surface area contributed by atoms with Gasteiger partial charge in [0.15, 0.2) is 11.5 Å². The Morgan fingerprint density at radius 2 is 1.84 bits per heavy atom. The molecule has 32 heavy (non-hydrogen) atoms. The number of benzene rings is 3. The van der Waals surface area contributed by atoms with Gasteiger partial charge in [0.1, 0.15) is 10.6 Å². The van der Waals surface area contributed by atoms with E-state index in [9.17, 15) is 4.79 Å². The SMILES string of the molecule is CCOc1cc(C=Nc2ccc(OC)cc2)ccc1OC(=O)c1sc2ccccc2c1Cl. The number of ether oxygens (including phenoxy) is 3. The summed E-state index contributed by atoms with van der Waals surface area (Å²) in [5.41, 5.74) is 1.60. The molecule has 1 aromatic heterocycles. The highest BCUT2D eigenvalue weighted by Crippen LogP contribution is 2.37. The number of carbonyl (C=O) groups is 1. The van der Waals surface area contributed by atoms with Gasteiger partial charge in [0, 0.05) is 16.3 Å². The lowest BCUT2D eigenvalue weighted by Crippen LogP contribution is -2.08. The molecule has 1 heterocycles. The quantitative estimate of drug-likeness (QED) is 0.169. The van der Waals surface area contributed by atoms with Gasteiger partial charge < -0.3 is 14.2 Å². The van der Waals surface area contributed by atoms with E-state index >= 15 is 0 Å². The number of nitrogens with zero attached hydrogens (tertiary/aromatic N) is 1. The highest BCUT2D eigenvalue weighted by atomic mass is 35.5. The van der Waals surface area contributed by atoms with Crippen molar-refractivity contribution in [1.82, 2.24) is 0 Å². The summed E-state index contributed by atoms with van der Waals surface area (Å²) in [5, 5.41) is 1.23. The second kappa shape index (κ2) is 9.85. The highest BCUT2D eigenvalue weighted by molar-refractivity contribution is 7.21. The van der Waals surface area contributed by atoms with Crippen molar-refractivity contribution in [3.63, 3.8) is 0 Å². The highest BCUT2D eigenvalue weighted by Gasteiger charge is 2.20. The van der Waals surface area contributed by atoms with Crippen LogP contribution in [0.3, 0.4) is 0 Å². The maximum atomic E-state index is 12.8. The minimum absolute atomic E-state index is 0.326. The van der Waals surface area contributed by atoms with Gasteiger partial charge in [-0.15, -0.1) is 11.3 Å². The second-order valence-corrected chi connectivity index (χ2v) is 8.16. The van der Waals surface area contributed by atoms with Crippen LogP contribution in [-0.2, 0) is 0 Å². The fourth-order valence-corrected chi connectivity index (χ4v) is 4.45. The summed E-state index contributed by atoms with van der Waals surface area (Å²) in [6, 6.07) is 20.3. The molecular weight excluding hydrogens is 446 g/mol. The number of esters is 1. The third kappa shape index (κ3) is 4.77. The molecule has 3 aromatic carbocycles. The van der Waals surface area contributed by atoms with E-state index in [-0.39, 0.29) is 0 Å². The van der Waals surface area contributed by atoms with Gasteiger partial charge in [-0.05, 0) is 61.0 Å². The van der Waals surface area contributed by atoms with Crippen molar-refractivity contribution < 1.29 is 19.0 Å². The van der Waals surface area contributed by atoms with Gasteiger partial charge in [0.25, 0.3) is 0 Å². The molecule has 4 rings (SSSR count). The van der Waals surface area contributed by atoms with Crippen molar-refractivity contribution in [2.75, 3.05) is 13.7 Å². The van der Waals surface area contributed by atoms with Crippen LogP contribution >= 0.6 is 22.9 Å². The lowest BCUT2D eigenvalue weighted by Gasteiger charge is -2.11. The predicted molar refractivity (Wildman–Crippen MR) is 130 cm³/mol. The second-order valence-electron chi connectivity index (χ2n) is 6.73. The number of aliphatic imine (C=N–C) groups is 1. The Balaban J connectivity index is 1.56. The zero-order valence-electron chi connectivity index (χ0n) is 17.5. The Kier molecular flexibility index (Phi) is 6.73. The Morgan fingerprint density at radius 1 is 1.06 bits per heavy atom. The van der Waals surface area contributed by atoms with Crippen LogP contribution in [0.5, 0.6) is 17.2 Å². The average Bonchev–Trinajstić information content (AvgIpc) is 3.16. The van der Waals surface area contributed by atoms with Crippen LogP contribution in [0.1, 0.15) is 22.2 Å². The molecule has 0 saturated heterocycles. The monoisotopic (exact) mass is 465 g/mol. The molecule has 0 atom stereocenters. The van der Waals surface area contributed by atoms with Crippen LogP contribution in [0.15, 0.2) is 71.7 Å². The largest absolute Gasteiger partial charge is 0.497 e. The van der Waals surface area contributed by atoms with Crippen molar-refractivity contribution >= 4 is 50.9 Å². The normalized spacial score (nSPS) is 11.1. The Labute approximate surface area is 194 Å². The van der Waals surface area contributed by atoms with Crippen LogP contribution < -0.4 is 14.2 Å². The molecule has 0 bridgehead atoms. The summed E-state index contributed by atoms with van der Waals surface area (Å²) in [4.78, 5) is 17.6. The molecule has 0 radical (unpaired) electrons. The van der Waals surface area contributed by atoms with E-state index in [2.05, 4.69) is 4.99 Å². The Hall–Kier alpha value is -3.35. The molecular formula is C25H20ClNO4S. The van der Waals surface area contributed by atoms with Gasteiger partial charge in [-0.1, -0.05) is 29.8 Å². The van der Waals surface area contributed by atoms with Crippen molar-refractivity contribution in [2.24, 2.45) is 4.99 Å². The fourth-order valence-electron chi connectivity index (χ4n) is 3.07. The smallest absolute Gasteiger partial charge is 0.355 e. The first-order chi connectivity index (χ1) is 15.6. The summed E-state index contributed by atoms with van der Waals surface area (Å²) in [5.74, 6) is 1.04. The molecule has 0 saturated carbocycles. The zero-order valence-corrected chi connectivity index (χ0v) is 19.1. The number of rotatable bonds is 7. The number of fused-ring (bicyclic) bond motifs is 1. The van der Waals surface area contributed by atoms with E-state index in [0.29, 0.717) is 28.0 Å². The fraction of sp³-hybridized carbons (Fsp3) is 0.120. The third-order valence-electron chi connectivity index (χ3n) is 4.63. The summed E-state index contributed by atoms with van der Waals surface area (Å²) >= 11 is 7.72. The summed E-state index contributed by atoms with van der Waals surface area (Å²) in [6.07, 6.45) is 1.72. The predicted octanol–water partition coefficient (Wildman–Crippen LogP) is 6.93. The molecule has 0 aliphatic heterocycles. The molecule has 7 heteroatoms. The minimum atomic E-state index is -0.517. The number of hydrogen-bond donors (Lipinski definition) is 0. The molecule has 0 unspecified atom stereocenters. The zero-order chi connectivity index (χ0) is 22.5. The van der Waals surface area contributed by atoms with E-state index < -0.39 is 5.97 Å². The average molecular weight is 466 g/mol. The molecule has 0 amide bonds. The first kappa shape index (κ1) is 21.9. The van der Waals surface area contributed by atoms with Crippen LogP contribution in [0.2, 0.25) is 5.02 Å². The van der Waals surface area contributed by atoms with Crippen molar-refractivity contribution in [3.05, 3.63) is 82.2 Å². The molecule has 0 spiro atoms. The maximum absolute atomic E-state index is 12.8. The van der Waals surface area contributed by atoms with Gasteiger partial charge in [0.05, 0.1) is 24.4 Å². The summed E-state index contributed by atoms with van der Waals surface area (Å²) in [6.45, 7) is 2.29. The van der Waals surface area contributed by atoms with Crippen LogP contribution in [0, 0.1) is 0 Å². The number of carbonyl (C=O) groups excluding carboxylic acids is 1. The standard InChI is InChI=1S/C25H20ClNO4S/c1-3-30-21-14-16(15-27-17-9-11-18(29-2)12-10-17)8-13-20(21)31-25(28)24-23(26)19-6-4-5-7-22(19)32-24/h4-15H,3H2,1-2H3. The molecule has 5 nitrogen and oxygen atoms in total.